The van der Waals surface area contributed by atoms with Gasteiger partial charge in [0, 0.05) is 0 Å². The van der Waals surface area contributed by atoms with Crippen molar-refractivity contribution >= 4 is 19.7 Å². The van der Waals surface area contributed by atoms with E-state index < -0.39 is 19.7 Å². The fraction of sp³-hybridized carbons (Fsp3) is 1.00. The van der Waals surface area contributed by atoms with Crippen LogP contribution in [0, 0.1) is 0 Å². The van der Waals surface area contributed by atoms with E-state index >= 15 is 0 Å². The van der Waals surface area contributed by atoms with E-state index in [9.17, 15) is 3.08 Å². The Balaban J connectivity index is 2.96. The summed E-state index contributed by atoms with van der Waals surface area (Å²) in [7, 11) is 0. The molecule has 0 bridgehead atoms. The summed E-state index contributed by atoms with van der Waals surface area (Å²) in [6.45, 7) is 4.26. The molecule has 0 atom stereocenters. The van der Waals surface area contributed by atoms with Crippen LogP contribution in [0.4, 0.5) is 0 Å². The summed E-state index contributed by atoms with van der Waals surface area (Å²) in [6, 6.07) is 0. The topological polar surface area (TPSA) is 17.1 Å². The molecule has 0 aromatic carbocycles. The van der Waals surface area contributed by atoms with Crippen molar-refractivity contribution < 1.29 is 3.08 Å². The zero-order chi connectivity index (χ0) is 7.82. The van der Waals surface area contributed by atoms with Crippen molar-refractivity contribution in [2.45, 2.75) is 48.4 Å². The first-order chi connectivity index (χ1) is 4.81. The van der Waals surface area contributed by atoms with Crippen molar-refractivity contribution in [1.82, 2.24) is 0 Å². The van der Waals surface area contributed by atoms with Crippen LogP contribution in [0.25, 0.3) is 0 Å². The minimum atomic E-state index is -1.96. The second kappa shape index (κ2) is 7.70. The van der Waals surface area contributed by atoms with Crippen molar-refractivity contribution in [1.29, 1.82) is 0 Å². The van der Waals surface area contributed by atoms with E-state index in [0.717, 1.165) is 8.87 Å². The number of hydrogen-bond donors (Lipinski definition) is 0. The summed E-state index contributed by atoms with van der Waals surface area (Å²) in [4.78, 5) is 0. The van der Waals surface area contributed by atoms with Gasteiger partial charge in [-0.2, -0.15) is 0 Å². The summed E-state index contributed by atoms with van der Waals surface area (Å²) in [5.41, 5.74) is 0. The van der Waals surface area contributed by atoms with Gasteiger partial charge in [-0.25, -0.2) is 0 Å². The van der Waals surface area contributed by atoms with E-state index in [0.29, 0.717) is 0 Å². The van der Waals surface area contributed by atoms with Crippen LogP contribution in [0.1, 0.15) is 39.5 Å². The quantitative estimate of drug-likeness (QED) is 0.522. The van der Waals surface area contributed by atoms with E-state index in [4.69, 9.17) is 0 Å². The van der Waals surface area contributed by atoms with Crippen LogP contribution in [0.2, 0.25) is 8.87 Å². The van der Waals surface area contributed by atoms with Gasteiger partial charge >= 0.3 is 71.2 Å². The Labute approximate surface area is 71.3 Å². The first kappa shape index (κ1) is 10.6. The third kappa shape index (κ3) is 6.71. The SMILES string of the molecule is CCCCC[CH2][Sn](=[O])[CH2]C. The molecule has 0 aliphatic carbocycles. The van der Waals surface area contributed by atoms with Gasteiger partial charge in [0.05, 0.1) is 0 Å². The Morgan fingerprint density at radius 2 is 1.80 bits per heavy atom. The van der Waals surface area contributed by atoms with Gasteiger partial charge in [-0.15, -0.1) is 0 Å². The van der Waals surface area contributed by atoms with Crippen molar-refractivity contribution in [3.63, 3.8) is 0 Å². The van der Waals surface area contributed by atoms with Gasteiger partial charge in [-0.1, -0.05) is 0 Å². The molecular weight excluding hydrogens is 231 g/mol. The maximum absolute atomic E-state index is 11.1. The second-order valence-electron chi connectivity index (χ2n) is 2.70. The predicted octanol–water partition coefficient (Wildman–Crippen LogP) is 3.01. The van der Waals surface area contributed by atoms with Crippen LogP contribution in [0.5, 0.6) is 0 Å². The molecule has 60 valence electrons. The third-order valence-corrected chi connectivity index (χ3v) is 6.56. The number of hydrogen-bond acceptors (Lipinski definition) is 1. The van der Waals surface area contributed by atoms with Gasteiger partial charge in [0.1, 0.15) is 0 Å². The Bertz CT molecular complexity index is 91.3. The fourth-order valence-corrected chi connectivity index (χ4v) is 3.77. The van der Waals surface area contributed by atoms with Gasteiger partial charge < -0.3 is 0 Å². The van der Waals surface area contributed by atoms with E-state index in [-0.39, 0.29) is 0 Å². The van der Waals surface area contributed by atoms with Crippen molar-refractivity contribution in [3.8, 4) is 0 Å². The van der Waals surface area contributed by atoms with Crippen LogP contribution in [-0.2, 0) is 3.08 Å². The summed E-state index contributed by atoms with van der Waals surface area (Å²) < 4.78 is 13.1. The Hall–Kier alpha value is 0.599. The summed E-state index contributed by atoms with van der Waals surface area (Å²) in [6.07, 6.45) is 5.12. The fourth-order valence-electron chi connectivity index (χ4n) is 0.926. The number of rotatable bonds is 6. The van der Waals surface area contributed by atoms with Crippen LogP contribution >= 0.6 is 0 Å². The van der Waals surface area contributed by atoms with Crippen molar-refractivity contribution in [3.05, 3.63) is 0 Å². The summed E-state index contributed by atoms with van der Waals surface area (Å²) in [5.74, 6) is 0. The zero-order valence-electron chi connectivity index (χ0n) is 7.15. The molecule has 2 heteroatoms. The van der Waals surface area contributed by atoms with Gasteiger partial charge in [0.25, 0.3) is 0 Å². The van der Waals surface area contributed by atoms with Crippen molar-refractivity contribution in [2.24, 2.45) is 0 Å². The first-order valence-electron chi connectivity index (χ1n) is 4.33. The van der Waals surface area contributed by atoms with Crippen molar-refractivity contribution in [2.75, 3.05) is 0 Å². The van der Waals surface area contributed by atoms with E-state index in [1.165, 1.54) is 25.7 Å². The summed E-state index contributed by atoms with van der Waals surface area (Å²) >= 11 is -1.96. The minimum absolute atomic E-state index is 0.994. The Morgan fingerprint density at radius 1 is 1.10 bits per heavy atom. The molecule has 0 spiro atoms. The van der Waals surface area contributed by atoms with E-state index in [1.54, 1.807) is 0 Å². The van der Waals surface area contributed by atoms with Gasteiger partial charge in [-0.3, -0.25) is 0 Å². The molecule has 10 heavy (non-hydrogen) atoms. The molecule has 0 aliphatic rings. The predicted molar refractivity (Wildman–Crippen MR) is 45.9 cm³/mol. The first-order valence-corrected chi connectivity index (χ1v) is 9.53. The normalized spacial score (nSPS) is 9.80. The molecule has 0 amide bonds. The van der Waals surface area contributed by atoms with Crippen LogP contribution in [-0.4, -0.2) is 19.7 Å². The van der Waals surface area contributed by atoms with E-state index in [2.05, 4.69) is 13.8 Å². The molecule has 0 aliphatic heterocycles. The molecule has 0 rings (SSSR count). The molecule has 1 nitrogen and oxygen atoms in total. The molecule has 0 aromatic heterocycles. The molecule has 0 fully saturated rings. The van der Waals surface area contributed by atoms with Gasteiger partial charge in [0.15, 0.2) is 0 Å². The third-order valence-electron chi connectivity index (χ3n) is 1.70. The molecule has 0 N–H and O–H groups in total. The van der Waals surface area contributed by atoms with Crippen LogP contribution < -0.4 is 0 Å². The molecule has 0 saturated heterocycles. The monoisotopic (exact) mass is 250 g/mol. The van der Waals surface area contributed by atoms with Gasteiger partial charge in [0.2, 0.25) is 0 Å². The molecule has 0 unspecified atom stereocenters. The number of unbranched alkanes of at least 4 members (excludes halogenated alkanes) is 3. The molecular formula is C8H18OSn. The average molecular weight is 249 g/mol. The van der Waals surface area contributed by atoms with Gasteiger partial charge in [-0.05, 0) is 0 Å². The second-order valence-corrected chi connectivity index (χ2v) is 9.22. The Morgan fingerprint density at radius 3 is 2.30 bits per heavy atom. The van der Waals surface area contributed by atoms with E-state index in [1.807, 2.05) is 0 Å². The van der Waals surface area contributed by atoms with Crippen LogP contribution in [0.3, 0.4) is 0 Å². The maximum atomic E-state index is 11.1. The molecule has 0 heterocycles. The summed E-state index contributed by atoms with van der Waals surface area (Å²) in [5, 5.41) is 0. The zero-order valence-corrected chi connectivity index (χ0v) is 10.0. The molecule has 0 radical (unpaired) electrons. The molecule has 0 saturated carbocycles. The molecule has 0 aromatic rings. The standard InChI is InChI=1S/C6H13.C2H5.O.Sn/c1-3-5-6-4-2;1-2;;/h1,3-6H2,2H3;1H2,2H3;;. The Kier molecular flexibility index (Phi) is 8.16. The average Bonchev–Trinajstić information content (AvgIpc) is 1.98. The van der Waals surface area contributed by atoms with Crippen LogP contribution in [0.15, 0.2) is 0 Å².